The van der Waals surface area contributed by atoms with Crippen molar-refractivity contribution in [1.29, 1.82) is 0 Å². The van der Waals surface area contributed by atoms with Gasteiger partial charge in [-0.05, 0) is 68.2 Å². The number of alkyl halides is 3. The molecule has 3 aliphatic rings. The van der Waals surface area contributed by atoms with Crippen molar-refractivity contribution >= 4 is 27.3 Å². The number of carbonyl (C=O) groups excluding carboxylic acids is 2. The fourth-order valence-corrected chi connectivity index (χ4v) is 6.93. The minimum absolute atomic E-state index is 0.0128. The maximum atomic E-state index is 14.8. The first-order valence-corrected chi connectivity index (χ1v) is 15.2. The van der Waals surface area contributed by atoms with Gasteiger partial charge in [-0.2, -0.15) is 13.2 Å². The second-order valence-electron chi connectivity index (χ2n) is 10.9. The van der Waals surface area contributed by atoms with Crippen molar-refractivity contribution in [2.75, 3.05) is 12.4 Å². The van der Waals surface area contributed by atoms with E-state index in [1.165, 1.54) is 13.2 Å². The van der Waals surface area contributed by atoms with E-state index in [0.717, 1.165) is 44.2 Å². The van der Waals surface area contributed by atoms with Crippen LogP contribution in [0.1, 0.15) is 48.9 Å². The summed E-state index contributed by atoms with van der Waals surface area (Å²) in [6.07, 6.45) is 8.44. The molecule has 2 bridgehead atoms. The lowest BCUT2D eigenvalue weighted by atomic mass is 9.87. The zero-order valence-corrected chi connectivity index (χ0v) is 23.7. The van der Waals surface area contributed by atoms with Crippen molar-refractivity contribution in [2.24, 2.45) is 17.8 Å². The Morgan fingerprint density at radius 3 is 2.30 bits per heavy atom. The second kappa shape index (κ2) is 11.8. The molecule has 2 aromatic rings. The molecule has 2 N–H and O–H groups in total. The molecule has 8 nitrogen and oxygen atoms in total. The molecule has 0 aliphatic heterocycles. The summed E-state index contributed by atoms with van der Waals surface area (Å²) >= 11 is 0. The predicted octanol–water partition coefficient (Wildman–Crippen LogP) is 5.54. The summed E-state index contributed by atoms with van der Waals surface area (Å²) in [4.78, 5) is 25.2. The van der Waals surface area contributed by atoms with Gasteiger partial charge in [-0.15, -0.1) is 0 Å². The molecule has 14 heteroatoms. The van der Waals surface area contributed by atoms with E-state index in [1.54, 1.807) is 6.08 Å². The Morgan fingerprint density at radius 2 is 1.63 bits per heavy atom. The molecule has 2 aromatic carbocycles. The Kier molecular flexibility index (Phi) is 8.43. The zero-order valence-electron chi connectivity index (χ0n) is 22.9. The molecule has 43 heavy (non-hydrogen) atoms. The van der Waals surface area contributed by atoms with Crippen LogP contribution in [0.15, 0.2) is 47.4 Å². The molecule has 0 unspecified atom stereocenters. The number of carbonyl (C=O) groups is 2. The molecule has 2 saturated carbocycles. The SMILES string of the molecule is COc1cc(F)c(OC2CCCCC2)cc1C(=O)N[C@H]1[C@@H](C(=O)Nc2ccc(F)c(S(=O)(=O)C(F)(F)F)c2)[C@@H]2C=C[C@H]1C2. The van der Waals surface area contributed by atoms with Crippen molar-refractivity contribution in [3.63, 3.8) is 0 Å². The summed E-state index contributed by atoms with van der Waals surface area (Å²) in [6.45, 7) is 0. The Bertz CT molecular complexity index is 1560. The van der Waals surface area contributed by atoms with Gasteiger partial charge in [0.15, 0.2) is 11.6 Å². The average Bonchev–Trinajstić information content (AvgIpc) is 3.57. The number of nitrogens with one attached hydrogen (secondary N) is 2. The first-order valence-electron chi connectivity index (χ1n) is 13.8. The number of amides is 2. The van der Waals surface area contributed by atoms with Gasteiger partial charge in [0.25, 0.3) is 15.7 Å². The van der Waals surface area contributed by atoms with E-state index in [1.807, 2.05) is 6.08 Å². The van der Waals surface area contributed by atoms with E-state index in [9.17, 15) is 40.0 Å². The summed E-state index contributed by atoms with van der Waals surface area (Å²) in [7, 11) is -4.74. The van der Waals surface area contributed by atoms with Gasteiger partial charge in [-0.3, -0.25) is 9.59 Å². The average molecular weight is 629 g/mol. The highest BCUT2D eigenvalue weighted by Gasteiger charge is 2.50. The lowest BCUT2D eigenvalue weighted by Crippen LogP contribution is -2.47. The predicted molar refractivity (Wildman–Crippen MR) is 144 cm³/mol. The van der Waals surface area contributed by atoms with E-state index in [4.69, 9.17) is 9.47 Å². The lowest BCUT2D eigenvalue weighted by Gasteiger charge is -2.28. The minimum atomic E-state index is -6.02. The van der Waals surface area contributed by atoms with Gasteiger partial charge in [0.2, 0.25) is 5.91 Å². The van der Waals surface area contributed by atoms with Gasteiger partial charge in [0, 0.05) is 17.8 Å². The number of ether oxygens (including phenoxy) is 2. The van der Waals surface area contributed by atoms with Crippen molar-refractivity contribution in [1.82, 2.24) is 5.32 Å². The van der Waals surface area contributed by atoms with Crippen LogP contribution in [0, 0.1) is 29.4 Å². The first kappa shape index (κ1) is 30.8. The summed E-state index contributed by atoms with van der Waals surface area (Å²) in [5.74, 6) is -5.31. The topological polar surface area (TPSA) is 111 Å². The number of benzene rings is 2. The number of hydrogen-bond acceptors (Lipinski definition) is 6. The Morgan fingerprint density at radius 1 is 0.930 bits per heavy atom. The van der Waals surface area contributed by atoms with Gasteiger partial charge in [-0.25, -0.2) is 17.2 Å². The highest BCUT2D eigenvalue weighted by atomic mass is 32.2. The van der Waals surface area contributed by atoms with Crippen LogP contribution in [-0.4, -0.2) is 45.0 Å². The number of halogens is 5. The van der Waals surface area contributed by atoms with Crippen LogP contribution in [0.2, 0.25) is 0 Å². The van der Waals surface area contributed by atoms with E-state index < -0.39 is 55.6 Å². The van der Waals surface area contributed by atoms with Crippen molar-refractivity contribution in [3.05, 3.63) is 59.7 Å². The molecule has 0 aromatic heterocycles. The van der Waals surface area contributed by atoms with Crippen LogP contribution in [0.5, 0.6) is 11.5 Å². The van der Waals surface area contributed by atoms with Crippen molar-refractivity contribution < 1.29 is 49.4 Å². The van der Waals surface area contributed by atoms with Crippen LogP contribution in [0.4, 0.5) is 27.6 Å². The Hall–Kier alpha value is -3.68. The summed E-state index contributed by atoms with van der Waals surface area (Å²) < 4.78 is 103. The molecule has 3 aliphatic carbocycles. The molecule has 0 saturated heterocycles. The number of methoxy groups -OCH3 is 1. The maximum absolute atomic E-state index is 14.8. The summed E-state index contributed by atoms with van der Waals surface area (Å²) in [5, 5.41) is 5.19. The molecule has 232 valence electrons. The molecule has 0 spiro atoms. The number of anilines is 1. The highest BCUT2D eigenvalue weighted by molar-refractivity contribution is 7.92. The van der Waals surface area contributed by atoms with E-state index in [2.05, 4.69) is 10.6 Å². The van der Waals surface area contributed by atoms with Crippen molar-refractivity contribution in [2.45, 2.75) is 61.1 Å². The molecule has 2 fully saturated rings. The van der Waals surface area contributed by atoms with Crippen LogP contribution in [0.3, 0.4) is 0 Å². The fourth-order valence-electron chi connectivity index (χ4n) is 6.08. The van der Waals surface area contributed by atoms with Crippen LogP contribution in [0.25, 0.3) is 0 Å². The number of allylic oxidation sites excluding steroid dienone is 1. The first-order chi connectivity index (χ1) is 20.3. The highest BCUT2D eigenvalue weighted by Crippen LogP contribution is 2.45. The molecule has 4 atom stereocenters. The zero-order chi connectivity index (χ0) is 31.1. The second-order valence-corrected chi connectivity index (χ2v) is 12.8. The van der Waals surface area contributed by atoms with Gasteiger partial charge in [0.05, 0.1) is 24.7 Å². The molecule has 0 heterocycles. The fraction of sp³-hybridized carbons (Fsp3) is 0.448. The van der Waals surface area contributed by atoms with Gasteiger partial charge in [-0.1, -0.05) is 18.6 Å². The smallest absolute Gasteiger partial charge is 0.496 e. The Labute approximate surface area is 244 Å². The molecular formula is C29H29F5N2O6S. The van der Waals surface area contributed by atoms with Crippen LogP contribution >= 0.6 is 0 Å². The lowest BCUT2D eigenvalue weighted by molar-refractivity contribution is -0.121. The number of rotatable bonds is 8. The number of sulfone groups is 1. The summed E-state index contributed by atoms with van der Waals surface area (Å²) in [6, 6.07) is 3.41. The van der Waals surface area contributed by atoms with Crippen LogP contribution in [-0.2, 0) is 14.6 Å². The largest absolute Gasteiger partial charge is 0.502 e. The molecular weight excluding hydrogens is 599 g/mol. The van der Waals surface area contributed by atoms with Gasteiger partial charge in [0.1, 0.15) is 16.5 Å². The molecule has 2 amide bonds. The molecule has 5 rings (SSSR count). The van der Waals surface area contributed by atoms with Crippen molar-refractivity contribution in [3.8, 4) is 11.5 Å². The quantitative estimate of drug-likeness (QED) is 0.294. The summed E-state index contributed by atoms with van der Waals surface area (Å²) in [5.41, 5.74) is -6.12. The Balaban J connectivity index is 1.36. The van der Waals surface area contributed by atoms with Gasteiger partial charge >= 0.3 is 5.51 Å². The standard InChI is InChI=1S/C29H29F5N2O6S/c1-41-22-14-21(31)23(42-18-5-3-2-4-6-18)13-19(22)27(37)36-26-16-8-7-15(11-16)25(26)28(38)35-17-9-10-20(30)24(12-17)43(39,40)29(32,33)34/h7-10,12-16,18,25-26H,2-6,11H2,1H3,(H,35,38)(H,36,37)/t15-,16+,25+,26-/m1/s1. The normalized spacial score (nSPS) is 23.7. The molecule has 0 radical (unpaired) electrons. The monoisotopic (exact) mass is 628 g/mol. The van der Waals surface area contributed by atoms with Gasteiger partial charge < -0.3 is 20.1 Å². The number of fused-ring (bicyclic) bond motifs is 2. The van der Waals surface area contributed by atoms with Crippen LogP contribution < -0.4 is 20.1 Å². The third-order valence-electron chi connectivity index (χ3n) is 8.20. The third-order valence-corrected chi connectivity index (χ3v) is 9.70. The van der Waals surface area contributed by atoms with E-state index >= 15 is 0 Å². The third kappa shape index (κ3) is 6.06. The van der Waals surface area contributed by atoms with E-state index in [0.29, 0.717) is 18.6 Å². The minimum Gasteiger partial charge on any atom is -0.496 e. The van der Waals surface area contributed by atoms with E-state index in [-0.39, 0.29) is 40.7 Å². The number of hydrogen-bond donors (Lipinski definition) is 2. The maximum Gasteiger partial charge on any atom is 0.502 e.